The number of piperazine rings is 1. The summed E-state index contributed by atoms with van der Waals surface area (Å²) >= 11 is 0. The summed E-state index contributed by atoms with van der Waals surface area (Å²) in [6, 6.07) is 9.83. The highest BCUT2D eigenvalue weighted by molar-refractivity contribution is 5.39. The first-order valence-corrected chi connectivity index (χ1v) is 10.9. The Hall–Kier alpha value is -1.69. The molecule has 152 valence electrons. The number of nitrogens with zero attached hydrogens (tertiary/aromatic N) is 4. The van der Waals surface area contributed by atoms with E-state index in [-0.39, 0.29) is 0 Å². The second-order valence-corrected chi connectivity index (χ2v) is 8.49. The largest absolute Gasteiger partial charge is 0.396 e. The normalized spacial score (nSPS) is 22.6. The molecular weight excluding hydrogens is 348 g/mol. The monoisotopic (exact) mass is 382 g/mol. The molecule has 1 unspecified atom stereocenters. The molecule has 2 aliphatic rings. The molecule has 0 radical (unpaired) electrons. The van der Waals surface area contributed by atoms with Crippen LogP contribution in [0.2, 0.25) is 0 Å². The number of benzene rings is 1. The van der Waals surface area contributed by atoms with Crippen LogP contribution in [0.5, 0.6) is 0 Å². The fourth-order valence-corrected chi connectivity index (χ4v) is 5.04. The zero-order valence-electron chi connectivity index (χ0n) is 17.1. The number of aliphatic hydroxyl groups excluding tert-OH is 1. The molecule has 4 rings (SSSR count). The maximum absolute atomic E-state index is 9.62. The first-order valence-electron chi connectivity index (χ1n) is 10.9. The van der Waals surface area contributed by atoms with Gasteiger partial charge in [-0.15, -0.1) is 0 Å². The van der Waals surface area contributed by atoms with Crippen molar-refractivity contribution in [2.45, 2.75) is 64.1 Å². The number of aliphatic hydroxyl groups is 1. The molecule has 0 spiro atoms. The summed E-state index contributed by atoms with van der Waals surface area (Å²) in [5.74, 6) is 0. The Bertz CT molecular complexity index is 739. The third-order valence-corrected chi connectivity index (χ3v) is 6.61. The van der Waals surface area contributed by atoms with Crippen LogP contribution in [0.4, 0.5) is 0 Å². The van der Waals surface area contributed by atoms with Crippen LogP contribution in [0, 0.1) is 6.92 Å². The molecule has 1 N–H and O–H groups in total. The lowest BCUT2D eigenvalue weighted by molar-refractivity contribution is 0.0136. The summed E-state index contributed by atoms with van der Waals surface area (Å²) in [5.41, 5.74) is 3.83. The summed E-state index contributed by atoms with van der Waals surface area (Å²) in [7, 11) is 0. The van der Waals surface area contributed by atoms with Crippen molar-refractivity contribution in [1.29, 1.82) is 0 Å². The molecule has 1 saturated heterocycles. The van der Waals surface area contributed by atoms with E-state index in [1.165, 1.54) is 43.2 Å². The quantitative estimate of drug-likeness (QED) is 0.832. The summed E-state index contributed by atoms with van der Waals surface area (Å²) in [6.45, 7) is 6.81. The van der Waals surface area contributed by atoms with Gasteiger partial charge in [0.1, 0.15) is 0 Å². The number of hydrogen-bond acceptors (Lipinski definition) is 4. The average Bonchev–Trinajstić information content (AvgIpc) is 3.26. The number of aromatic nitrogens is 2. The molecule has 1 aliphatic heterocycles. The van der Waals surface area contributed by atoms with E-state index in [0.29, 0.717) is 12.6 Å². The van der Waals surface area contributed by atoms with Gasteiger partial charge in [0, 0.05) is 57.3 Å². The predicted octanol–water partition coefficient (Wildman–Crippen LogP) is 3.38. The van der Waals surface area contributed by atoms with E-state index in [0.717, 1.165) is 44.3 Å². The Morgan fingerprint density at radius 3 is 2.71 bits per heavy atom. The number of rotatable bonds is 6. The minimum absolute atomic E-state index is 0.291. The molecule has 1 aromatic carbocycles. The molecule has 1 atom stereocenters. The van der Waals surface area contributed by atoms with Gasteiger partial charge in [0.05, 0.1) is 5.69 Å². The first-order chi connectivity index (χ1) is 13.7. The van der Waals surface area contributed by atoms with Gasteiger partial charge >= 0.3 is 0 Å². The Morgan fingerprint density at radius 2 is 2.00 bits per heavy atom. The van der Waals surface area contributed by atoms with Crippen molar-refractivity contribution in [3.8, 4) is 5.69 Å². The Kier molecular flexibility index (Phi) is 6.45. The van der Waals surface area contributed by atoms with Gasteiger partial charge in [-0.2, -0.15) is 5.10 Å². The summed E-state index contributed by atoms with van der Waals surface area (Å²) < 4.78 is 1.91. The van der Waals surface area contributed by atoms with Gasteiger partial charge in [-0.1, -0.05) is 25.3 Å². The van der Waals surface area contributed by atoms with Gasteiger partial charge in [-0.05, 0) is 55.5 Å². The van der Waals surface area contributed by atoms with Crippen molar-refractivity contribution in [1.82, 2.24) is 19.6 Å². The van der Waals surface area contributed by atoms with Crippen molar-refractivity contribution in [3.05, 3.63) is 47.8 Å². The summed E-state index contributed by atoms with van der Waals surface area (Å²) in [6.07, 6.45) is 11.5. The van der Waals surface area contributed by atoms with Crippen molar-refractivity contribution in [2.75, 3.05) is 26.2 Å². The Morgan fingerprint density at radius 1 is 1.14 bits per heavy atom. The molecule has 1 aliphatic carbocycles. The van der Waals surface area contributed by atoms with Crippen molar-refractivity contribution < 1.29 is 5.11 Å². The second-order valence-electron chi connectivity index (χ2n) is 8.49. The van der Waals surface area contributed by atoms with E-state index in [1.807, 2.05) is 23.1 Å². The minimum Gasteiger partial charge on any atom is -0.396 e. The molecule has 0 bridgehead atoms. The standard InChI is InChI=1S/C23H34N4O/c1-19-16-22(27-12-5-11-24-27)9-8-20(19)17-25-13-14-26(23(18-25)10-15-28)21-6-3-2-4-7-21/h5,8-9,11-12,16,21,23,28H,2-4,6-7,10,13-15,17-18H2,1H3. The molecule has 2 heterocycles. The van der Waals surface area contributed by atoms with Crippen LogP contribution in [-0.2, 0) is 6.54 Å². The van der Waals surface area contributed by atoms with Gasteiger partial charge in [0.25, 0.3) is 0 Å². The van der Waals surface area contributed by atoms with Gasteiger partial charge in [0.2, 0.25) is 0 Å². The SMILES string of the molecule is Cc1cc(-n2cccn2)ccc1CN1CCN(C2CCCCC2)C(CCO)C1. The number of hydrogen-bond donors (Lipinski definition) is 1. The average molecular weight is 383 g/mol. The maximum atomic E-state index is 9.62. The first kappa shape index (κ1) is 19.6. The van der Waals surface area contributed by atoms with E-state index < -0.39 is 0 Å². The van der Waals surface area contributed by atoms with Crippen LogP contribution in [0.3, 0.4) is 0 Å². The highest BCUT2D eigenvalue weighted by Crippen LogP contribution is 2.28. The van der Waals surface area contributed by atoms with E-state index >= 15 is 0 Å². The van der Waals surface area contributed by atoms with Crippen LogP contribution in [0.25, 0.3) is 5.69 Å². The Labute approximate surface area is 169 Å². The molecule has 1 aromatic heterocycles. The molecule has 28 heavy (non-hydrogen) atoms. The van der Waals surface area contributed by atoms with Crippen LogP contribution < -0.4 is 0 Å². The van der Waals surface area contributed by atoms with Crippen LogP contribution in [0.1, 0.15) is 49.7 Å². The Balaban J connectivity index is 1.41. The summed E-state index contributed by atoms with van der Waals surface area (Å²) in [4.78, 5) is 5.30. The highest BCUT2D eigenvalue weighted by Gasteiger charge is 2.32. The van der Waals surface area contributed by atoms with Crippen LogP contribution in [-0.4, -0.2) is 63.0 Å². The maximum Gasteiger partial charge on any atom is 0.0648 e. The lowest BCUT2D eigenvalue weighted by atomic mass is 9.91. The highest BCUT2D eigenvalue weighted by atomic mass is 16.3. The van der Waals surface area contributed by atoms with E-state index in [9.17, 15) is 5.11 Å². The van der Waals surface area contributed by atoms with Crippen molar-refractivity contribution in [2.24, 2.45) is 0 Å². The zero-order chi connectivity index (χ0) is 19.3. The van der Waals surface area contributed by atoms with E-state index in [4.69, 9.17) is 0 Å². The lowest BCUT2D eigenvalue weighted by Gasteiger charge is -2.46. The van der Waals surface area contributed by atoms with Gasteiger partial charge in [0.15, 0.2) is 0 Å². The van der Waals surface area contributed by atoms with Gasteiger partial charge in [-0.25, -0.2) is 4.68 Å². The fraction of sp³-hybridized carbons (Fsp3) is 0.609. The molecule has 2 aromatic rings. The van der Waals surface area contributed by atoms with Crippen molar-refractivity contribution in [3.63, 3.8) is 0 Å². The lowest BCUT2D eigenvalue weighted by Crippen LogP contribution is -2.56. The topological polar surface area (TPSA) is 44.5 Å². The molecule has 1 saturated carbocycles. The second kappa shape index (κ2) is 9.21. The fourth-order valence-electron chi connectivity index (χ4n) is 5.04. The van der Waals surface area contributed by atoms with Crippen molar-refractivity contribution >= 4 is 0 Å². The van der Waals surface area contributed by atoms with Gasteiger partial charge < -0.3 is 5.11 Å². The van der Waals surface area contributed by atoms with E-state index in [2.05, 4.69) is 40.0 Å². The summed E-state index contributed by atoms with van der Waals surface area (Å²) in [5, 5.41) is 14.0. The smallest absolute Gasteiger partial charge is 0.0648 e. The van der Waals surface area contributed by atoms with Crippen LogP contribution >= 0.6 is 0 Å². The molecule has 5 heteroatoms. The van der Waals surface area contributed by atoms with E-state index in [1.54, 1.807) is 0 Å². The zero-order valence-corrected chi connectivity index (χ0v) is 17.1. The van der Waals surface area contributed by atoms with Gasteiger partial charge in [-0.3, -0.25) is 9.80 Å². The molecule has 2 fully saturated rings. The molecule has 5 nitrogen and oxygen atoms in total. The third-order valence-electron chi connectivity index (χ3n) is 6.61. The number of aryl methyl sites for hydroxylation is 1. The third kappa shape index (κ3) is 4.48. The van der Waals surface area contributed by atoms with Crippen LogP contribution in [0.15, 0.2) is 36.7 Å². The molecular formula is C23H34N4O. The molecule has 0 amide bonds. The minimum atomic E-state index is 0.291. The predicted molar refractivity (Wildman–Crippen MR) is 113 cm³/mol.